The maximum Gasteiger partial charge on any atom is 0.328 e. The van der Waals surface area contributed by atoms with E-state index >= 15 is 0 Å². The first-order chi connectivity index (χ1) is 9.16. The van der Waals surface area contributed by atoms with Crippen LogP contribution in [-0.4, -0.2) is 42.3 Å². The molecule has 5 heteroatoms. The standard InChI is InChI=1S/C14H19NO3S/c1-15(12-4-7-18-8-5-12)10-13-11(6-9-19-13)2-3-14(16)17/h2-3,6,9,12H,4-5,7-8,10H2,1H3,(H,16,17). The van der Waals surface area contributed by atoms with Crippen LogP contribution in [0.2, 0.25) is 0 Å². The third-order valence-corrected chi connectivity index (χ3v) is 4.31. The van der Waals surface area contributed by atoms with Gasteiger partial charge in [-0.15, -0.1) is 11.3 Å². The summed E-state index contributed by atoms with van der Waals surface area (Å²) in [6.45, 7) is 2.54. The highest BCUT2D eigenvalue weighted by molar-refractivity contribution is 7.10. The predicted molar refractivity (Wildman–Crippen MR) is 76.3 cm³/mol. The summed E-state index contributed by atoms with van der Waals surface area (Å²) in [6, 6.07) is 2.53. The van der Waals surface area contributed by atoms with E-state index in [0.29, 0.717) is 6.04 Å². The van der Waals surface area contributed by atoms with Gasteiger partial charge in [0.1, 0.15) is 0 Å². The van der Waals surface area contributed by atoms with Gasteiger partial charge in [-0.25, -0.2) is 4.79 Å². The van der Waals surface area contributed by atoms with Gasteiger partial charge in [0.15, 0.2) is 0 Å². The van der Waals surface area contributed by atoms with E-state index in [9.17, 15) is 4.79 Å². The fourth-order valence-electron chi connectivity index (χ4n) is 2.27. The van der Waals surface area contributed by atoms with E-state index in [4.69, 9.17) is 9.84 Å². The number of hydrogen-bond acceptors (Lipinski definition) is 4. The van der Waals surface area contributed by atoms with E-state index in [1.807, 2.05) is 11.4 Å². The predicted octanol–water partition coefficient (Wildman–Crippen LogP) is 2.46. The summed E-state index contributed by atoms with van der Waals surface area (Å²) in [5.41, 5.74) is 1.01. The molecule has 1 N–H and O–H groups in total. The molecule has 0 radical (unpaired) electrons. The van der Waals surface area contributed by atoms with E-state index in [-0.39, 0.29) is 0 Å². The van der Waals surface area contributed by atoms with Gasteiger partial charge < -0.3 is 9.84 Å². The minimum atomic E-state index is -0.907. The van der Waals surface area contributed by atoms with Crippen molar-refractivity contribution in [2.24, 2.45) is 0 Å². The lowest BCUT2D eigenvalue weighted by molar-refractivity contribution is -0.131. The maximum absolute atomic E-state index is 10.6. The Hall–Kier alpha value is -1.17. The Kier molecular flexibility index (Phi) is 5.13. The summed E-state index contributed by atoms with van der Waals surface area (Å²) >= 11 is 1.68. The molecule has 1 aromatic rings. The molecule has 104 valence electrons. The molecule has 2 heterocycles. The fourth-order valence-corrected chi connectivity index (χ4v) is 3.20. The highest BCUT2D eigenvalue weighted by Gasteiger charge is 2.19. The van der Waals surface area contributed by atoms with E-state index in [0.717, 1.165) is 38.2 Å². The smallest absolute Gasteiger partial charge is 0.328 e. The summed E-state index contributed by atoms with van der Waals surface area (Å²) in [4.78, 5) is 14.1. The average molecular weight is 281 g/mol. The van der Waals surface area contributed by atoms with Crippen molar-refractivity contribution in [2.75, 3.05) is 20.3 Å². The topological polar surface area (TPSA) is 49.8 Å². The molecule has 0 spiro atoms. The number of carbonyl (C=O) groups is 1. The second-order valence-electron chi connectivity index (χ2n) is 4.73. The zero-order valence-electron chi connectivity index (χ0n) is 11.0. The molecule has 19 heavy (non-hydrogen) atoms. The molecular formula is C14H19NO3S. The molecule has 4 nitrogen and oxygen atoms in total. The lowest BCUT2D eigenvalue weighted by atomic mass is 10.1. The third kappa shape index (κ3) is 4.16. The first kappa shape index (κ1) is 14.2. The molecule has 0 amide bonds. The number of hydrogen-bond donors (Lipinski definition) is 1. The zero-order chi connectivity index (χ0) is 13.7. The fraction of sp³-hybridized carbons (Fsp3) is 0.500. The van der Waals surface area contributed by atoms with Crippen molar-refractivity contribution >= 4 is 23.4 Å². The summed E-state index contributed by atoms with van der Waals surface area (Å²) in [5.74, 6) is -0.907. The summed E-state index contributed by atoms with van der Waals surface area (Å²) in [5, 5.41) is 10.7. The molecular weight excluding hydrogens is 262 g/mol. The monoisotopic (exact) mass is 281 g/mol. The highest BCUT2D eigenvalue weighted by atomic mass is 32.1. The Balaban J connectivity index is 1.98. The second kappa shape index (κ2) is 6.84. The zero-order valence-corrected chi connectivity index (χ0v) is 11.9. The number of nitrogens with zero attached hydrogens (tertiary/aromatic N) is 1. The van der Waals surface area contributed by atoms with Crippen LogP contribution in [0.15, 0.2) is 17.5 Å². The van der Waals surface area contributed by atoms with Crippen molar-refractivity contribution in [3.8, 4) is 0 Å². The number of ether oxygens (including phenoxy) is 1. The van der Waals surface area contributed by atoms with E-state index in [1.165, 1.54) is 11.0 Å². The molecule has 1 aromatic heterocycles. The van der Waals surface area contributed by atoms with Crippen LogP contribution >= 0.6 is 11.3 Å². The molecule has 0 bridgehead atoms. The van der Waals surface area contributed by atoms with E-state index in [1.54, 1.807) is 17.4 Å². The van der Waals surface area contributed by atoms with Crippen molar-refractivity contribution in [3.05, 3.63) is 28.0 Å². The quantitative estimate of drug-likeness (QED) is 0.842. The lowest BCUT2D eigenvalue weighted by Gasteiger charge is -2.31. The van der Waals surface area contributed by atoms with Crippen molar-refractivity contribution in [3.63, 3.8) is 0 Å². The first-order valence-corrected chi connectivity index (χ1v) is 7.30. The van der Waals surface area contributed by atoms with E-state index < -0.39 is 5.97 Å². The summed E-state index contributed by atoms with van der Waals surface area (Å²) < 4.78 is 5.37. The second-order valence-corrected chi connectivity index (χ2v) is 5.73. The van der Waals surface area contributed by atoms with Crippen LogP contribution in [-0.2, 0) is 16.1 Å². The number of aliphatic carboxylic acids is 1. The number of thiophene rings is 1. The molecule has 0 aliphatic carbocycles. The SMILES string of the molecule is CN(Cc1sccc1C=CC(=O)O)C1CCOCC1. The Morgan fingerprint density at radius 1 is 1.58 bits per heavy atom. The molecule has 1 aliphatic rings. The van der Waals surface area contributed by atoms with Crippen molar-refractivity contribution in [1.29, 1.82) is 0 Å². The van der Waals surface area contributed by atoms with Crippen molar-refractivity contribution in [2.45, 2.75) is 25.4 Å². The van der Waals surface area contributed by atoms with Gasteiger partial charge in [0.2, 0.25) is 0 Å². The number of rotatable bonds is 5. The van der Waals surface area contributed by atoms with Crippen LogP contribution in [0.4, 0.5) is 0 Å². The van der Waals surface area contributed by atoms with Gasteiger partial charge in [0.05, 0.1) is 0 Å². The molecule has 0 saturated carbocycles. The van der Waals surface area contributed by atoms with Crippen LogP contribution in [0.3, 0.4) is 0 Å². The molecule has 0 unspecified atom stereocenters. The highest BCUT2D eigenvalue weighted by Crippen LogP contribution is 2.22. The lowest BCUT2D eigenvalue weighted by Crippen LogP contribution is -2.36. The van der Waals surface area contributed by atoms with Crippen molar-refractivity contribution in [1.82, 2.24) is 4.90 Å². The van der Waals surface area contributed by atoms with Gasteiger partial charge in [-0.2, -0.15) is 0 Å². The summed E-state index contributed by atoms with van der Waals surface area (Å²) in [7, 11) is 2.13. The minimum Gasteiger partial charge on any atom is -0.478 e. The minimum absolute atomic E-state index is 0.562. The van der Waals surface area contributed by atoms with Crippen LogP contribution in [0.25, 0.3) is 6.08 Å². The molecule has 0 aromatic carbocycles. The largest absolute Gasteiger partial charge is 0.478 e. The van der Waals surface area contributed by atoms with Gasteiger partial charge in [-0.05, 0) is 43.0 Å². The Morgan fingerprint density at radius 3 is 3.00 bits per heavy atom. The van der Waals surface area contributed by atoms with Crippen LogP contribution < -0.4 is 0 Å². The molecule has 0 atom stereocenters. The van der Waals surface area contributed by atoms with Crippen LogP contribution in [0.5, 0.6) is 0 Å². The number of carboxylic acid groups (broad SMARTS) is 1. The summed E-state index contributed by atoms with van der Waals surface area (Å²) in [6.07, 6.45) is 5.01. The van der Waals surface area contributed by atoms with E-state index in [2.05, 4.69) is 11.9 Å². The van der Waals surface area contributed by atoms with Gasteiger partial charge in [0, 0.05) is 36.8 Å². The third-order valence-electron chi connectivity index (χ3n) is 3.39. The molecule has 1 fully saturated rings. The maximum atomic E-state index is 10.6. The normalized spacial score (nSPS) is 17.4. The Bertz CT molecular complexity index is 449. The number of carboxylic acids is 1. The molecule has 1 aliphatic heterocycles. The molecule has 2 rings (SSSR count). The van der Waals surface area contributed by atoms with Crippen LogP contribution in [0.1, 0.15) is 23.3 Å². The van der Waals surface area contributed by atoms with Crippen molar-refractivity contribution < 1.29 is 14.6 Å². The van der Waals surface area contributed by atoms with Gasteiger partial charge in [-0.3, -0.25) is 4.90 Å². The Labute approximate surface area is 117 Å². The molecule has 1 saturated heterocycles. The van der Waals surface area contributed by atoms with Gasteiger partial charge >= 0.3 is 5.97 Å². The van der Waals surface area contributed by atoms with Gasteiger partial charge in [0.25, 0.3) is 0 Å². The average Bonchev–Trinajstić information content (AvgIpc) is 2.84. The first-order valence-electron chi connectivity index (χ1n) is 6.42. The Morgan fingerprint density at radius 2 is 2.32 bits per heavy atom. The van der Waals surface area contributed by atoms with Crippen LogP contribution in [0, 0.1) is 0 Å². The van der Waals surface area contributed by atoms with Gasteiger partial charge in [-0.1, -0.05) is 0 Å².